The fraction of sp³-hybridized carbons (Fsp3) is 0.217. The van der Waals surface area contributed by atoms with Gasteiger partial charge in [0.15, 0.2) is 0 Å². The minimum Gasteiger partial charge on any atom is -0.506 e. The van der Waals surface area contributed by atoms with E-state index in [0.717, 1.165) is 11.1 Å². The molecule has 0 aromatic heterocycles. The molecule has 3 aromatic carbocycles. The molecule has 1 N–H and O–H groups in total. The van der Waals surface area contributed by atoms with Gasteiger partial charge in [-0.25, -0.2) is 8.42 Å². The molecule has 0 aliphatic carbocycles. The number of phenolic OH excluding ortho intramolecular Hbond substituents is 1. The summed E-state index contributed by atoms with van der Waals surface area (Å²) in [5, 5.41) is 18.2. The Morgan fingerprint density at radius 3 is 2.23 bits per heavy atom. The number of nitrogens with zero attached hydrogens (tertiary/aromatic N) is 3. The van der Waals surface area contributed by atoms with Crippen LogP contribution in [-0.2, 0) is 16.6 Å². The average Bonchev–Trinajstić information content (AvgIpc) is 2.74. The summed E-state index contributed by atoms with van der Waals surface area (Å²) in [6.45, 7) is 4.40. The predicted molar refractivity (Wildman–Crippen MR) is 118 cm³/mol. The van der Waals surface area contributed by atoms with Crippen molar-refractivity contribution in [1.29, 1.82) is 0 Å². The number of hydrogen-bond acceptors (Lipinski definition) is 5. The monoisotopic (exact) mass is 423 g/mol. The minimum absolute atomic E-state index is 0.0462. The highest BCUT2D eigenvalue weighted by atomic mass is 32.2. The third kappa shape index (κ3) is 5.11. The summed E-state index contributed by atoms with van der Waals surface area (Å²) >= 11 is 0. The van der Waals surface area contributed by atoms with Gasteiger partial charge in [-0.05, 0) is 53.4 Å². The summed E-state index contributed by atoms with van der Waals surface area (Å²) in [6.07, 6.45) is 0. The van der Waals surface area contributed by atoms with E-state index in [9.17, 15) is 13.5 Å². The first-order valence-corrected chi connectivity index (χ1v) is 11.1. The van der Waals surface area contributed by atoms with Crippen molar-refractivity contribution in [3.63, 3.8) is 0 Å². The molecule has 6 nitrogen and oxygen atoms in total. The van der Waals surface area contributed by atoms with Crippen LogP contribution in [0.15, 0.2) is 87.9 Å². The van der Waals surface area contributed by atoms with Crippen molar-refractivity contribution in [2.75, 3.05) is 7.05 Å². The van der Waals surface area contributed by atoms with Crippen LogP contribution in [0, 0.1) is 0 Å². The Balaban J connectivity index is 1.76. The van der Waals surface area contributed by atoms with E-state index in [1.54, 1.807) is 31.3 Å². The summed E-state index contributed by atoms with van der Waals surface area (Å²) in [6, 6.07) is 20.9. The lowest BCUT2D eigenvalue weighted by Crippen LogP contribution is -2.26. The van der Waals surface area contributed by atoms with Crippen LogP contribution in [0.1, 0.15) is 30.9 Å². The molecule has 0 unspecified atom stereocenters. The Kier molecular flexibility index (Phi) is 6.64. The topological polar surface area (TPSA) is 82.3 Å². The first kappa shape index (κ1) is 21.7. The number of hydrogen-bond donors (Lipinski definition) is 1. The predicted octanol–water partition coefficient (Wildman–Crippen LogP) is 5.75. The Bertz CT molecular complexity index is 1130. The molecule has 0 bridgehead atoms. The van der Waals surface area contributed by atoms with Gasteiger partial charge >= 0.3 is 0 Å². The molecular formula is C23H25N3O3S. The SMILES string of the molecule is CC(C)c1ccc(O)c(N=Nc2ccc(S(=O)(=O)N(C)Cc3ccccc3)cc2)c1. The van der Waals surface area contributed by atoms with Crippen LogP contribution in [-0.4, -0.2) is 24.9 Å². The van der Waals surface area contributed by atoms with Gasteiger partial charge in [0.05, 0.1) is 10.6 Å². The maximum atomic E-state index is 12.8. The molecule has 7 heteroatoms. The van der Waals surface area contributed by atoms with Gasteiger partial charge in [0, 0.05) is 13.6 Å². The van der Waals surface area contributed by atoms with Crippen molar-refractivity contribution in [2.45, 2.75) is 31.2 Å². The first-order valence-electron chi connectivity index (χ1n) is 9.62. The number of phenols is 1. The van der Waals surface area contributed by atoms with Crippen molar-refractivity contribution >= 4 is 21.4 Å². The summed E-state index contributed by atoms with van der Waals surface area (Å²) in [4.78, 5) is 0.185. The fourth-order valence-corrected chi connectivity index (χ4v) is 4.04. The highest BCUT2D eigenvalue weighted by Gasteiger charge is 2.20. The molecule has 0 radical (unpaired) electrons. The fourth-order valence-electron chi connectivity index (χ4n) is 2.88. The lowest BCUT2D eigenvalue weighted by atomic mass is 10.0. The van der Waals surface area contributed by atoms with E-state index in [0.29, 0.717) is 17.3 Å². The number of aromatic hydroxyl groups is 1. The van der Waals surface area contributed by atoms with Crippen molar-refractivity contribution in [2.24, 2.45) is 10.2 Å². The van der Waals surface area contributed by atoms with E-state index >= 15 is 0 Å². The van der Waals surface area contributed by atoms with Gasteiger partial charge in [0.1, 0.15) is 11.4 Å². The van der Waals surface area contributed by atoms with Crippen molar-refractivity contribution < 1.29 is 13.5 Å². The van der Waals surface area contributed by atoms with Gasteiger partial charge in [-0.2, -0.15) is 9.42 Å². The van der Waals surface area contributed by atoms with Gasteiger partial charge in [0.25, 0.3) is 0 Å². The van der Waals surface area contributed by atoms with Crippen molar-refractivity contribution in [3.05, 3.63) is 83.9 Å². The molecule has 156 valence electrons. The van der Waals surface area contributed by atoms with E-state index < -0.39 is 10.0 Å². The summed E-state index contributed by atoms with van der Waals surface area (Å²) in [5.74, 6) is 0.349. The second-order valence-corrected chi connectivity index (χ2v) is 9.39. The van der Waals surface area contributed by atoms with Gasteiger partial charge in [-0.3, -0.25) is 0 Å². The molecule has 0 aliphatic rings. The summed E-state index contributed by atoms with van der Waals surface area (Å²) < 4.78 is 26.9. The standard InChI is InChI=1S/C23H25N3O3S/c1-17(2)19-9-14-23(27)22(15-19)25-24-20-10-12-21(13-11-20)30(28,29)26(3)16-18-7-5-4-6-8-18/h4-15,17,27H,16H2,1-3H3. The van der Waals surface area contributed by atoms with Crippen LogP contribution < -0.4 is 0 Å². The van der Waals surface area contributed by atoms with Crippen LogP contribution in [0.5, 0.6) is 5.75 Å². The minimum atomic E-state index is -3.62. The molecule has 0 fully saturated rings. The third-order valence-electron chi connectivity index (χ3n) is 4.73. The molecule has 0 atom stereocenters. The number of benzene rings is 3. The molecule has 3 aromatic rings. The van der Waals surface area contributed by atoms with E-state index in [1.165, 1.54) is 16.4 Å². The van der Waals surface area contributed by atoms with Gasteiger partial charge < -0.3 is 5.11 Å². The van der Waals surface area contributed by atoms with E-state index in [4.69, 9.17) is 0 Å². The van der Waals surface area contributed by atoms with E-state index in [2.05, 4.69) is 24.1 Å². The second kappa shape index (κ2) is 9.19. The number of rotatable bonds is 7. The number of sulfonamides is 1. The molecular weight excluding hydrogens is 398 g/mol. The average molecular weight is 424 g/mol. The second-order valence-electron chi connectivity index (χ2n) is 7.34. The molecule has 0 saturated heterocycles. The lowest BCUT2D eigenvalue weighted by Gasteiger charge is -2.17. The maximum absolute atomic E-state index is 12.8. The summed E-state index contributed by atoms with van der Waals surface area (Å²) in [7, 11) is -2.07. The van der Waals surface area contributed by atoms with Crippen LogP contribution in [0.2, 0.25) is 0 Å². The largest absolute Gasteiger partial charge is 0.506 e. The van der Waals surface area contributed by atoms with Crippen LogP contribution in [0.25, 0.3) is 0 Å². The zero-order valence-corrected chi connectivity index (χ0v) is 18.0. The molecule has 0 amide bonds. The van der Waals surface area contributed by atoms with Gasteiger partial charge in [0.2, 0.25) is 10.0 Å². The maximum Gasteiger partial charge on any atom is 0.243 e. The molecule has 0 aliphatic heterocycles. The van der Waals surface area contributed by atoms with Crippen molar-refractivity contribution in [1.82, 2.24) is 4.31 Å². The highest BCUT2D eigenvalue weighted by molar-refractivity contribution is 7.89. The quantitative estimate of drug-likeness (QED) is 0.491. The molecule has 0 saturated carbocycles. The zero-order chi connectivity index (χ0) is 21.7. The highest BCUT2D eigenvalue weighted by Crippen LogP contribution is 2.31. The Labute approximate surface area is 177 Å². The first-order chi connectivity index (χ1) is 14.3. The molecule has 30 heavy (non-hydrogen) atoms. The Morgan fingerprint density at radius 2 is 1.60 bits per heavy atom. The summed E-state index contributed by atoms with van der Waals surface area (Å²) in [5.41, 5.74) is 2.83. The van der Waals surface area contributed by atoms with Gasteiger partial charge in [-0.1, -0.05) is 50.2 Å². The van der Waals surface area contributed by atoms with Gasteiger partial charge in [-0.15, -0.1) is 5.11 Å². The Morgan fingerprint density at radius 1 is 0.933 bits per heavy atom. The molecule has 0 heterocycles. The molecule has 3 rings (SSSR count). The smallest absolute Gasteiger partial charge is 0.243 e. The van der Waals surface area contributed by atoms with Crippen LogP contribution in [0.3, 0.4) is 0 Å². The number of azo groups is 1. The van der Waals surface area contributed by atoms with Crippen LogP contribution in [0.4, 0.5) is 11.4 Å². The van der Waals surface area contributed by atoms with Crippen LogP contribution >= 0.6 is 0 Å². The molecule has 0 spiro atoms. The third-order valence-corrected chi connectivity index (χ3v) is 6.55. The van der Waals surface area contributed by atoms with E-state index in [1.807, 2.05) is 36.4 Å². The lowest BCUT2D eigenvalue weighted by molar-refractivity contribution is 0.466. The van der Waals surface area contributed by atoms with E-state index in [-0.39, 0.29) is 17.2 Å². The Hall–Kier alpha value is -3.03. The van der Waals surface area contributed by atoms with Crippen molar-refractivity contribution in [3.8, 4) is 5.75 Å². The zero-order valence-electron chi connectivity index (χ0n) is 17.2. The normalized spacial score (nSPS) is 12.2.